The second-order valence-corrected chi connectivity index (χ2v) is 17.8. The van der Waals surface area contributed by atoms with Gasteiger partial charge in [-0.2, -0.15) is 0 Å². The van der Waals surface area contributed by atoms with Crippen LogP contribution in [0.3, 0.4) is 0 Å². The molecule has 16 heteroatoms. The highest BCUT2D eigenvalue weighted by Gasteiger charge is 2.38. The molecule has 10 N–H and O–H groups in total. The summed E-state index contributed by atoms with van der Waals surface area (Å²) in [5.74, 6) is -4.21. The van der Waals surface area contributed by atoms with Crippen molar-refractivity contribution in [3.63, 3.8) is 0 Å². The SMILES string of the molecule is Cc1cc2c(c(O)c1-c1c(C)cc3c(c1O)/C(=C/Nc1ccc(S(N)(=O)=O)cc1)C(=O)C(O)=C3C(C)C)/C(=C/Nc1ccc(S(N)(=O)=O)cc1)C(=O)C(O)=C2C(C)C. The van der Waals surface area contributed by atoms with Gasteiger partial charge in [-0.1, -0.05) is 39.8 Å². The van der Waals surface area contributed by atoms with E-state index in [-0.39, 0.29) is 66.2 Å². The second-order valence-electron chi connectivity index (χ2n) is 14.7. The normalized spacial score (nSPS) is 16.1. The number of nitrogens with two attached hydrogens (primary N) is 2. The Hall–Kier alpha value is -6.20. The summed E-state index contributed by atoms with van der Waals surface area (Å²) >= 11 is 0. The Bertz CT molecular complexity index is 2610. The second kappa shape index (κ2) is 14.9. The van der Waals surface area contributed by atoms with Crippen LogP contribution in [0.4, 0.5) is 11.4 Å². The van der Waals surface area contributed by atoms with E-state index >= 15 is 0 Å². The zero-order valence-corrected chi connectivity index (χ0v) is 33.9. The number of nitrogens with one attached hydrogen (secondary N) is 2. The Morgan fingerprint density at radius 3 is 1.14 bits per heavy atom. The number of aromatic hydroxyl groups is 2. The van der Waals surface area contributed by atoms with Gasteiger partial charge < -0.3 is 31.1 Å². The van der Waals surface area contributed by atoms with Crippen LogP contribution in [-0.2, 0) is 29.6 Å². The standard InChI is InChI=1S/C42H42N4O10S2/c1-19(2)31-27-15-21(5)33(39(49)35(27)29(37(47)41(31)51)17-45-23-7-11-25(12-8-23)57(43,53)54)34-22(6)16-28-32(20(3)4)42(52)38(48)30(36(28)40(34)50)18-46-24-9-13-26(14-10-24)58(44,55)56/h7-20,45-46,49-52H,1-6H3,(H2,43,53,54)(H2,44,55,56)/b29-17-,30-18-. The van der Waals surface area contributed by atoms with Crippen molar-refractivity contribution >= 4 is 65.3 Å². The number of sulfonamides is 2. The number of carbonyl (C=O) groups is 2. The van der Waals surface area contributed by atoms with Gasteiger partial charge >= 0.3 is 0 Å². The molecule has 2 aliphatic carbocycles. The Morgan fingerprint density at radius 1 is 0.552 bits per heavy atom. The van der Waals surface area contributed by atoms with Crippen molar-refractivity contribution in [1.29, 1.82) is 0 Å². The number of aliphatic hydroxyl groups is 2. The first kappa shape index (κ1) is 41.4. The highest BCUT2D eigenvalue weighted by molar-refractivity contribution is 7.89. The van der Waals surface area contributed by atoms with Crippen LogP contribution >= 0.6 is 0 Å². The number of hydrogen-bond acceptors (Lipinski definition) is 12. The van der Waals surface area contributed by atoms with Gasteiger partial charge in [0.2, 0.25) is 31.6 Å². The first-order chi connectivity index (χ1) is 27.0. The van der Waals surface area contributed by atoms with E-state index in [0.717, 1.165) is 0 Å². The van der Waals surface area contributed by atoms with E-state index in [4.69, 9.17) is 10.3 Å². The number of aliphatic hydroxyl groups excluding tert-OH is 2. The summed E-state index contributed by atoms with van der Waals surface area (Å²) in [6, 6.07) is 14.2. The summed E-state index contributed by atoms with van der Waals surface area (Å²) in [4.78, 5) is 27.5. The number of benzene rings is 4. The minimum absolute atomic E-state index is 0.0501. The number of anilines is 2. The summed E-state index contributed by atoms with van der Waals surface area (Å²) < 4.78 is 47.1. The van der Waals surface area contributed by atoms with Gasteiger partial charge in [-0.25, -0.2) is 27.1 Å². The molecule has 0 radical (unpaired) electrons. The zero-order valence-electron chi connectivity index (χ0n) is 32.3. The molecule has 4 aromatic rings. The number of carbonyl (C=O) groups excluding carboxylic acids is 2. The number of Topliss-reactive ketones (excluding diaryl/α,β-unsaturated/α-hetero) is 2. The van der Waals surface area contributed by atoms with E-state index in [2.05, 4.69) is 10.6 Å². The first-order valence-corrected chi connectivity index (χ1v) is 21.0. The summed E-state index contributed by atoms with van der Waals surface area (Å²) in [5, 5.41) is 63.4. The molecule has 0 aliphatic heterocycles. The fourth-order valence-electron chi connectivity index (χ4n) is 7.42. The average Bonchev–Trinajstić information content (AvgIpc) is 3.13. The number of allylic oxidation sites excluding steroid dienone is 4. The number of ketones is 2. The molecule has 0 atom stereocenters. The third kappa shape index (κ3) is 7.26. The molecule has 0 fully saturated rings. The molecule has 0 spiro atoms. The molecule has 0 amide bonds. The smallest absolute Gasteiger partial charge is 0.238 e. The topological polar surface area (TPSA) is 259 Å². The summed E-state index contributed by atoms with van der Waals surface area (Å²) in [5.41, 5.74) is 2.99. The van der Waals surface area contributed by atoms with Gasteiger partial charge in [-0.3, -0.25) is 9.59 Å². The zero-order chi connectivity index (χ0) is 42.8. The van der Waals surface area contributed by atoms with E-state index in [1.54, 1.807) is 53.7 Å². The van der Waals surface area contributed by atoms with E-state index in [9.17, 15) is 46.9 Å². The Kier molecular flexibility index (Phi) is 10.7. The molecule has 2 aliphatic rings. The van der Waals surface area contributed by atoms with Crippen LogP contribution in [-0.4, -0.2) is 48.8 Å². The highest BCUT2D eigenvalue weighted by atomic mass is 32.2. The van der Waals surface area contributed by atoms with Crippen molar-refractivity contribution in [3.05, 3.63) is 118 Å². The van der Waals surface area contributed by atoms with Gasteiger partial charge in [-0.05, 0) is 96.5 Å². The number of aryl methyl sites for hydroxylation is 2. The van der Waals surface area contributed by atoms with E-state index in [0.29, 0.717) is 33.6 Å². The molecular formula is C42H42N4O10S2. The van der Waals surface area contributed by atoms with Gasteiger partial charge in [0.1, 0.15) is 11.5 Å². The van der Waals surface area contributed by atoms with Gasteiger partial charge in [0.15, 0.2) is 11.5 Å². The van der Waals surface area contributed by atoms with Gasteiger partial charge in [-0.15, -0.1) is 0 Å². The Labute approximate surface area is 335 Å². The first-order valence-electron chi connectivity index (χ1n) is 17.9. The van der Waals surface area contributed by atoms with Crippen LogP contribution in [0.2, 0.25) is 0 Å². The molecule has 0 saturated carbocycles. The molecule has 0 saturated heterocycles. The quantitative estimate of drug-likeness (QED) is 0.0831. The summed E-state index contributed by atoms with van der Waals surface area (Å²) in [6.45, 7) is 10.5. The fourth-order valence-corrected chi connectivity index (χ4v) is 8.45. The average molecular weight is 827 g/mol. The van der Waals surface area contributed by atoms with Crippen molar-refractivity contribution in [2.75, 3.05) is 10.6 Å². The molecule has 0 aromatic heterocycles. The molecule has 58 heavy (non-hydrogen) atoms. The van der Waals surface area contributed by atoms with Crippen LogP contribution in [0.1, 0.15) is 61.1 Å². The lowest BCUT2D eigenvalue weighted by atomic mass is 9.75. The molecule has 0 heterocycles. The van der Waals surface area contributed by atoms with E-state index in [1.807, 2.05) is 0 Å². The van der Waals surface area contributed by atoms with Crippen molar-refractivity contribution < 1.29 is 46.9 Å². The fraction of sp³-hybridized carbons (Fsp3) is 0.190. The lowest BCUT2D eigenvalue weighted by Gasteiger charge is -2.29. The van der Waals surface area contributed by atoms with Crippen LogP contribution in [0.15, 0.2) is 94.4 Å². The largest absolute Gasteiger partial charge is 0.507 e. The molecule has 302 valence electrons. The minimum atomic E-state index is -3.97. The molecular weight excluding hydrogens is 785 g/mol. The van der Waals surface area contributed by atoms with E-state index in [1.165, 1.54) is 60.9 Å². The minimum Gasteiger partial charge on any atom is -0.507 e. The van der Waals surface area contributed by atoms with Crippen molar-refractivity contribution in [1.82, 2.24) is 0 Å². The maximum Gasteiger partial charge on any atom is 0.238 e. The molecule has 6 rings (SSSR count). The molecule has 4 aromatic carbocycles. The summed E-state index contributed by atoms with van der Waals surface area (Å²) in [6.07, 6.45) is 2.56. The number of phenolic OH excluding ortho intramolecular Hbond substituents is 2. The molecule has 0 bridgehead atoms. The number of hydrogen-bond donors (Lipinski definition) is 8. The van der Waals surface area contributed by atoms with Crippen molar-refractivity contribution in [3.8, 4) is 22.6 Å². The maximum absolute atomic E-state index is 13.9. The van der Waals surface area contributed by atoms with E-state index < -0.39 is 54.6 Å². The monoisotopic (exact) mass is 826 g/mol. The molecule has 14 nitrogen and oxygen atoms in total. The lowest BCUT2D eigenvalue weighted by Crippen LogP contribution is -2.20. The third-order valence-electron chi connectivity index (χ3n) is 10.1. The predicted octanol–water partition coefficient (Wildman–Crippen LogP) is 6.60. The highest BCUT2D eigenvalue weighted by Crippen LogP contribution is 2.53. The number of primary sulfonamides is 2. The summed E-state index contributed by atoms with van der Waals surface area (Å²) in [7, 11) is -7.94. The number of phenols is 2. The van der Waals surface area contributed by atoms with Crippen LogP contribution in [0.5, 0.6) is 11.5 Å². The van der Waals surface area contributed by atoms with Crippen LogP contribution < -0.4 is 20.9 Å². The Morgan fingerprint density at radius 2 is 0.862 bits per heavy atom. The van der Waals surface area contributed by atoms with Gasteiger partial charge in [0.05, 0.1) is 20.9 Å². The number of fused-ring (bicyclic) bond motifs is 2. The third-order valence-corrected chi connectivity index (χ3v) is 11.9. The predicted molar refractivity (Wildman–Crippen MR) is 222 cm³/mol. The molecule has 0 unspecified atom stereocenters. The van der Waals surface area contributed by atoms with Crippen molar-refractivity contribution in [2.24, 2.45) is 22.1 Å². The van der Waals surface area contributed by atoms with Gasteiger partial charge in [0.25, 0.3) is 0 Å². The van der Waals surface area contributed by atoms with Gasteiger partial charge in [0, 0.05) is 57.2 Å². The van der Waals surface area contributed by atoms with Crippen LogP contribution in [0.25, 0.3) is 33.4 Å². The maximum atomic E-state index is 13.9. The number of rotatable bonds is 9. The Balaban J connectivity index is 1.58. The lowest BCUT2D eigenvalue weighted by molar-refractivity contribution is -0.113. The van der Waals surface area contributed by atoms with Crippen molar-refractivity contribution in [2.45, 2.75) is 51.3 Å². The van der Waals surface area contributed by atoms with Crippen LogP contribution in [0, 0.1) is 25.7 Å².